The van der Waals surface area contributed by atoms with Crippen molar-refractivity contribution in [3.63, 3.8) is 0 Å². The van der Waals surface area contributed by atoms with Gasteiger partial charge in [0.2, 0.25) is 0 Å². The smallest absolute Gasteiger partial charge is 0.308 e. The first kappa shape index (κ1) is 34.7. The SMILES string of the molecule is CCCCCC(=O)OCCOCCOCCOCCOCCOCCOCCOCCC(=O)OCC. The van der Waals surface area contributed by atoms with Crippen LogP contribution in [0.25, 0.3) is 0 Å². The molecule has 0 aromatic heterocycles. The average Bonchev–Trinajstić information content (AvgIpc) is 2.87. The van der Waals surface area contributed by atoms with E-state index in [1.807, 2.05) is 0 Å². The summed E-state index contributed by atoms with van der Waals surface area (Å²) in [6.45, 7) is 10.9. The van der Waals surface area contributed by atoms with Crippen LogP contribution in [-0.2, 0) is 52.2 Å². The number of hydrogen-bond acceptors (Lipinski definition) is 11. The maximum atomic E-state index is 11.4. The van der Waals surface area contributed by atoms with E-state index in [1.165, 1.54) is 0 Å². The molecule has 0 aromatic rings. The van der Waals surface area contributed by atoms with Gasteiger partial charge in [0.05, 0.1) is 106 Å². The van der Waals surface area contributed by atoms with Crippen molar-refractivity contribution >= 4 is 11.9 Å². The molecule has 11 heteroatoms. The zero-order valence-electron chi connectivity index (χ0n) is 22.3. The molecule has 0 rings (SSSR count). The summed E-state index contributed by atoms with van der Waals surface area (Å²) in [5.74, 6) is -0.413. The Labute approximate surface area is 216 Å². The highest BCUT2D eigenvalue weighted by Crippen LogP contribution is 2.00. The standard InChI is InChI=1S/C25H48O11/c1-3-5-6-7-24(26)36-23-22-34-21-20-33-19-18-32-17-16-31-15-14-30-13-12-29-11-10-28-9-8-25(27)35-4-2/h3-23H2,1-2H3. The van der Waals surface area contributed by atoms with Crippen LogP contribution in [-0.4, -0.2) is 118 Å². The van der Waals surface area contributed by atoms with Gasteiger partial charge in [-0.25, -0.2) is 0 Å². The van der Waals surface area contributed by atoms with E-state index in [4.69, 9.17) is 42.6 Å². The highest BCUT2D eigenvalue weighted by molar-refractivity contribution is 5.69. The number of ether oxygens (including phenoxy) is 9. The Hall–Kier alpha value is -1.34. The van der Waals surface area contributed by atoms with Crippen molar-refractivity contribution in [3.05, 3.63) is 0 Å². The first-order chi connectivity index (χ1) is 17.7. The highest BCUT2D eigenvalue weighted by atomic mass is 16.6. The Kier molecular flexibility index (Phi) is 28.8. The van der Waals surface area contributed by atoms with Gasteiger partial charge in [0.15, 0.2) is 0 Å². The summed E-state index contributed by atoms with van der Waals surface area (Å²) in [5, 5.41) is 0. The molecular weight excluding hydrogens is 476 g/mol. The molecular formula is C25H48O11. The third-order valence-corrected chi connectivity index (χ3v) is 4.46. The molecule has 0 spiro atoms. The van der Waals surface area contributed by atoms with Gasteiger partial charge >= 0.3 is 11.9 Å². The molecule has 0 aliphatic rings. The van der Waals surface area contributed by atoms with Crippen molar-refractivity contribution in [2.45, 2.75) is 46.0 Å². The Balaban J connectivity index is 3.10. The fourth-order valence-corrected chi connectivity index (χ4v) is 2.62. The lowest BCUT2D eigenvalue weighted by molar-refractivity contribution is -0.146. The third-order valence-electron chi connectivity index (χ3n) is 4.46. The van der Waals surface area contributed by atoms with Crippen molar-refractivity contribution in [2.75, 3.05) is 106 Å². The van der Waals surface area contributed by atoms with Crippen LogP contribution in [0.15, 0.2) is 0 Å². The predicted molar refractivity (Wildman–Crippen MR) is 132 cm³/mol. The summed E-state index contributed by atoms with van der Waals surface area (Å²) in [5.41, 5.74) is 0. The predicted octanol–water partition coefficient (Wildman–Crippen LogP) is 2.18. The molecule has 0 amide bonds. The van der Waals surface area contributed by atoms with E-state index < -0.39 is 0 Å². The molecule has 0 aromatic carbocycles. The van der Waals surface area contributed by atoms with Crippen LogP contribution in [0.4, 0.5) is 0 Å². The molecule has 11 nitrogen and oxygen atoms in total. The van der Waals surface area contributed by atoms with Crippen molar-refractivity contribution in [3.8, 4) is 0 Å². The minimum atomic E-state index is -0.252. The van der Waals surface area contributed by atoms with Crippen LogP contribution >= 0.6 is 0 Å². The van der Waals surface area contributed by atoms with E-state index in [0.29, 0.717) is 106 Å². The van der Waals surface area contributed by atoms with E-state index in [0.717, 1.165) is 19.3 Å². The third kappa shape index (κ3) is 28.9. The largest absolute Gasteiger partial charge is 0.466 e. The molecule has 0 aliphatic carbocycles. The molecule has 0 radical (unpaired) electrons. The van der Waals surface area contributed by atoms with Crippen molar-refractivity contribution in [1.82, 2.24) is 0 Å². The summed E-state index contributed by atoms with van der Waals surface area (Å²) in [6, 6.07) is 0. The molecule has 0 atom stereocenters. The second-order valence-electron chi connectivity index (χ2n) is 7.52. The molecule has 214 valence electrons. The zero-order chi connectivity index (χ0) is 26.4. The number of unbranched alkanes of at least 4 members (excludes halogenated alkanes) is 2. The minimum absolute atomic E-state index is 0.161. The lowest BCUT2D eigenvalue weighted by Crippen LogP contribution is -2.15. The molecule has 0 saturated heterocycles. The zero-order valence-corrected chi connectivity index (χ0v) is 22.3. The monoisotopic (exact) mass is 524 g/mol. The summed E-state index contributed by atoms with van der Waals surface area (Å²) in [6.07, 6.45) is 3.75. The quantitative estimate of drug-likeness (QED) is 0.106. The fraction of sp³-hybridized carbons (Fsp3) is 0.920. The fourth-order valence-electron chi connectivity index (χ4n) is 2.62. The van der Waals surface area contributed by atoms with Gasteiger partial charge in [-0.15, -0.1) is 0 Å². The van der Waals surface area contributed by atoms with E-state index >= 15 is 0 Å². The molecule has 0 bridgehead atoms. The Bertz CT molecular complexity index is 477. The number of carbonyl (C=O) groups is 2. The highest BCUT2D eigenvalue weighted by Gasteiger charge is 2.02. The van der Waals surface area contributed by atoms with Gasteiger partial charge < -0.3 is 42.6 Å². The number of hydrogen-bond donors (Lipinski definition) is 0. The van der Waals surface area contributed by atoms with Gasteiger partial charge in [-0.3, -0.25) is 9.59 Å². The van der Waals surface area contributed by atoms with E-state index in [9.17, 15) is 9.59 Å². The minimum Gasteiger partial charge on any atom is -0.466 e. The first-order valence-electron chi connectivity index (χ1n) is 13.1. The number of esters is 2. The number of carbonyl (C=O) groups excluding carboxylic acids is 2. The van der Waals surface area contributed by atoms with Gasteiger partial charge in [-0.1, -0.05) is 19.8 Å². The summed E-state index contributed by atoms with van der Waals surface area (Å²) < 4.78 is 47.6. The van der Waals surface area contributed by atoms with Gasteiger partial charge in [0, 0.05) is 6.42 Å². The summed E-state index contributed by atoms with van der Waals surface area (Å²) in [4.78, 5) is 22.5. The summed E-state index contributed by atoms with van der Waals surface area (Å²) >= 11 is 0. The first-order valence-corrected chi connectivity index (χ1v) is 13.1. The van der Waals surface area contributed by atoms with Crippen molar-refractivity contribution in [1.29, 1.82) is 0 Å². The average molecular weight is 525 g/mol. The van der Waals surface area contributed by atoms with Crippen molar-refractivity contribution < 1.29 is 52.2 Å². The van der Waals surface area contributed by atoms with Gasteiger partial charge in [0.25, 0.3) is 0 Å². The normalized spacial score (nSPS) is 11.1. The van der Waals surface area contributed by atoms with Crippen LogP contribution in [0, 0.1) is 0 Å². The van der Waals surface area contributed by atoms with E-state index in [-0.39, 0.29) is 25.0 Å². The van der Waals surface area contributed by atoms with Crippen LogP contribution < -0.4 is 0 Å². The lowest BCUT2D eigenvalue weighted by atomic mass is 10.2. The van der Waals surface area contributed by atoms with Crippen LogP contribution in [0.5, 0.6) is 0 Å². The Morgan fingerprint density at radius 1 is 0.417 bits per heavy atom. The molecule has 36 heavy (non-hydrogen) atoms. The lowest BCUT2D eigenvalue weighted by Gasteiger charge is -2.08. The molecule has 0 fully saturated rings. The van der Waals surface area contributed by atoms with Crippen molar-refractivity contribution in [2.24, 2.45) is 0 Å². The van der Waals surface area contributed by atoms with Crippen LogP contribution in [0.3, 0.4) is 0 Å². The van der Waals surface area contributed by atoms with Gasteiger partial charge in [-0.05, 0) is 13.3 Å². The second-order valence-corrected chi connectivity index (χ2v) is 7.52. The van der Waals surface area contributed by atoms with E-state index in [1.54, 1.807) is 6.92 Å². The topological polar surface area (TPSA) is 117 Å². The maximum absolute atomic E-state index is 11.4. The van der Waals surface area contributed by atoms with E-state index in [2.05, 4.69) is 6.92 Å². The summed E-state index contributed by atoms with van der Waals surface area (Å²) in [7, 11) is 0. The molecule has 0 unspecified atom stereocenters. The van der Waals surface area contributed by atoms with Crippen LogP contribution in [0.2, 0.25) is 0 Å². The van der Waals surface area contributed by atoms with Gasteiger partial charge in [-0.2, -0.15) is 0 Å². The number of rotatable bonds is 29. The molecule has 0 aliphatic heterocycles. The Morgan fingerprint density at radius 3 is 1.17 bits per heavy atom. The molecule has 0 heterocycles. The molecule has 0 N–H and O–H groups in total. The second kappa shape index (κ2) is 29.9. The van der Waals surface area contributed by atoms with Crippen LogP contribution in [0.1, 0.15) is 46.0 Å². The van der Waals surface area contributed by atoms with Gasteiger partial charge in [0.1, 0.15) is 6.61 Å². The maximum Gasteiger partial charge on any atom is 0.308 e. The molecule has 0 saturated carbocycles. The Morgan fingerprint density at radius 2 is 0.778 bits per heavy atom.